The molecule has 0 aromatic heterocycles. The van der Waals surface area contributed by atoms with Gasteiger partial charge in [0.2, 0.25) is 0 Å². The van der Waals surface area contributed by atoms with Gasteiger partial charge in [0, 0.05) is 0 Å². The van der Waals surface area contributed by atoms with E-state index in [2.05, 4.69) is 5.32 Å². The lowest BCUT2D eigenvalue weighted by Gasteiger charge is -2.30. The summed E-state index contributed by atoms with van der Waals surface area (Å²) >= 11 is 6.17. The van der Waals surface area contributed by atoms with Crippen molar-refractivity contribution in [1.29, 1.82) is 0 Å². The van der Waals surface area contributed by atoms with Gasteiger partial charge in [-0.3, -0.25) is 4.79 Å². The molecule has 0 atom stereocenters. The van der Waals surface area contributed by atoms with Crippen molar-refractivity contribution in [2.45, 2.75) is 30.8 Å². The van der Waals surface area contributed by atoms with Gasteiger partial charge in [0.25, 0.3) is 5.91 Å². The minimum absolute atomic E-state index is 0.0516. The number of halogens is 1. The summed E-state index contributed by atoms with van der Waals surface area (Å²) in [7, 11) is -2.17. The van der Waals surface area contributed by atoms with Gasteiger partial charge in [0.05, 0.1) is 40.1 Å². The molecule has 0 saturated heterocycles. The summed E-state index contributed by atoms with van der Waals surface area (Å²) in [6.07, 6.45) is 0.541. The Morgan fingerprint density at radius 1 is 1.29 bits per heavy atom. The second-order valence-electron chi connectivity index (χ2n) is 7.02. The first kappa shape index (κ1) is 20.6. The van der Waals surface area contributed by atoms with Gasteiger partial charge in [-0.25, -0.2) is 8.42 Å². The van der Waals surface area contributed by atoms with Crippen LogP contribution in [0.1, 0.15) is 28.8 Å². The summed E-state index contributed by atoms with van der Waals surface area (Å²) in [6, 6.07) is 9.48. The number of sulfone groups is 1. The van der Waals surface area contributed by atoms with Gasteiger partial charge in [0.15, 0.2) is 9.84 Å². The number of hydrogen-bond donors (Lipinski definition) is 2. The van der Waals surface area contributed by atoms with Gasteiger partial charge in [-0.15, -0.1) is 0 Å². The van der Waals surface area contributed by atoms with Crippen LogP contribution < -0.4 is 10.1 Å². The lowest BCUT2D eigenvalue weighted by molar-refractivity contribution is 0.0526. The van der Waals surface area contributed by atoms with Crippen LogP contribution in [0.4, 0.5) is 5.69 Å². The average molecular weight is 424 g/mol. The summed E-state index contributed by atoms with van der Waals surface area (Å²) in [5.41, 5.74) is 1.36. The Hall–Kier alpha value is -2.09. The van der Waals surface area contributed by atoms with Gasteiger partial charge in [-0.05, 0) is 55.5 Å². The zero-order valence-corrected chi connectivity index (χ0v) is 17.2. The van der Waals surface area contributed by atoms with Crippen molar-refractivity contribution in [2.24, 2.45) is 5.92 Å². The molecule has 2 N–H and O–H groups in total. The van der Waals surface area contributed by atoms with E-state index in [1.807, 2.05) is 13.0 Å². The molecular weight excluding hydrogens is 402 g/mol. The van der Waals surface area contributed by atoms with Gasteiger partial charge in [-0.1, -0.05) is 23.7 Å². The number of amides is 1. The molecule has 1 amide bonds. The van der Waals surface area contributed by atoms with Crippen molar-refractivity contribution in [3.8, 4) is 5.75 Å². The number of methoxy groups -OCH3 is 1. The number of benzene rings is 2. The van der Waals surface area contributed by atoms with Crippen LogP contribution >= 0.6 is 11.6 Å². The molecule has 0 heterocycles. The number of aryl methyl sites for hydroxylation is 1. The molecule has 1 aliphatic carbocycles. The maximum absolute atomic E-state index is 12.8. The standard InChI is InChI=1S/C20H22ClNO5S/c1-12-4-3-5-17(21)19(12)22-20(24)16-10-15(6-7-18(16)27-2)28(25,26)11-13-8-14(23)9-13/h3-7,10,13-14,23H,8-9,11H2,1-2H3,(H,22,24). The zero-order valence-electron chi connectivity index (χ0n) is 15.6. The highest BCUT2D eigenvalue weighted by molar-refractivity contribution is 7.91. The summed E-state index contributed by atoms with van der Waals surface area (Å²) in [4.78, 5) is 12.9. The molecule has 2 aromatic carbocycles. The fourth-order valence-electron chi connectivity index (χ4n) is 3.27. The summed E-state index contributed by atoms with van der Waals surface area (Å²) in [6.45, 7) is 1.81. The van der Waals surface area contributed by atoms with Crippen molar-refractivity contribution in [3.63, 3.8) is 0 Å². The Balaban J connectivity index is 1.89. The Labute approximate surface area is 169 Å². The number of para-hydroxylation sites is 1. The summed E-state index contributed by atoms with van der Waals surface area (Å²) in [5, 5.41) is 12.5. The van der Waals surface area contributed by atoms with Crippen LogP contribution in [-0.4, -0.2) is 38.4 Å². The molecule has 8 heteroatoms. The molecule has 2 aromatic rings. The van der Waals surface area contributed by atoms with Crippen molar-refractivity contribution in [3.05, 3.63) is 52.5 Å². The van der Waals surface area contributed by atoms with E-state index in [9.17, 15) is 18.3 Å². The van der Waals surface area contributed by atoms with E-state index in [-0.39, 0.29) is 27.9 Å². The zero-order chi connectivity index (χ0) is 20.5. The molecular formula is C20H22ClNO5S. The fraction of sp³-hybridized carbons (Fsp3) is 0.350. The highest BCUT2D eigenvalue weighted by Crippen LogP contribution is 2.32. The normalized spacial score (nSPS) is 19.0. The number of rotatable bonds is 6. The fourth-order valence-corrected chi connectivity index (χ4v) is 5.20. The SMILES string of the molecule is COc1ccc(S(=O)(=O)CC2CC(O)C2)cc1C(=O)Nc1c(C)cccc1Cl. The number of aliphatic hydroxyl groups is 1. The molecule has 1 saturated carbocycles. The molecule has 0 bridgehead atoms. The predicted molar refractivity (Wildman–Crippen MR) is 108 cm³/mol. The first-order valence-corrected chi connectivity index (χ1v) is 10.9. The Morgan fingerprint density at radius 2 is 2.00 bits per heavy atom. The number of hydrogen-bond acceptors (Lipinski definition) is 5. The largest absolute Gasteiger partial charge is 0.496 e. The molecule has 0 unspecified atom stereocenters. The third-order valence-electron chi connectivity index (χ3n) is 4.90. The first-order chi connectivity index (χ1) is 13.2. The van der Waals surface area contributed by atoms with E-state index in [1.165, 1.54) is 25.3 Å². The van der Waals surface area contributed by atoms with E-state index in [4.69, 9.17) is 16.3 Å². The maximum atomic E-state index is 12.8. The molecule has 1 fully saturated rings. The Morgan fingerprint density at radius 3 is 2.61 bits per heavy atom. The first-order valence-electron chi connectivity index (χ1n) is 8.86. The van der Waals surface area contributed by atoms with E-state index < -0.39 is 21.8 Å². The number of carbonyl (C=O) groups is 1. The van der Waals surface area contributed by atoms with Gasteiger partial charge < -0.3 is 15.2 Å². The highest BCUT2D eigenvalue weighted by atomic mass is 35.5. The van der Waals surface area contributed by atoms with Crippen molar-refractivity contribution in [2.75, 3.05) is 18.2 Å². The number of anilines is 1. The van der Waals surface area contributed by atoms with Crippen molar-refractivity contribution >= 4 is 33.0 Å². The number of carbonyl (C=O) groups excluding carboxylic acids is 1. The van der Waals surface area contributed by atoms with Gasteiger partial charge >= 0.3 is 0 Å². The van der Waals surface area contributed by atoms with E-state index >= 15 is 0 Å². The number of aliphatic hydroxyl groups excluding tert-OH is 1. The second-order valence-corrected chi connectivity index (χ2v) is 9.46. The van der Waals surface area contributed by atoms with Crippen molar-refractivity contribution in [1.82, 2.24) is 0 Å². The van der Waals surface area contributed by atoms with Crippen LogP contribution in [0.15, 0.2) is 41.3 Å². The monoisotopic (exact) mass is 423 g/mol. The van der Waals surface area contributed by atoms with Crippen LogP contribution in [0.3, 0.4) is 0 Å². The molecule has 3 rings (SSSR count). The minimum Gasteiger partial charge on any atom is -0.496 e. The number of nitrogens with one attached hydrogen (secondary N) is 1. The summed E-state index contributed by atoms with van der Waals surface area (Å²) < 4.78 is 30.7. The van der Waals surface area contributed by atoms with Crippen LogP contribution in [0.5, 0.6) is 5.75 Å². The average Bonchev–Trinajstić information content (AvgIpc) is 2.62. The maximum Gasteiger partial charge on any atom is 0.259 e. The van der Waals surface area contributed by atoms with Crippen LogP contribution in [0.25, 0.3) is 0 Å². The second kappa shape index (κ2) is 8.11. The minimum atomic E-state index is -3.59. The van der Waals surface area contributed by atoms with Gasteiger partial charge in [0.1, 0.15) is 5.75 Å². The topological polar surface area (TPSA) is 92.7 Å². The van der Waals surface area contributed by atoms with E-state index in [0.717, 1.165) is 5.56 Å². The Bertz CT molecular complexity index is 979. The highest BCUT2D eigenvalue weighted by Gasteiger charge is 2.32. The molecule has 6 nitrogen and oxygen atoms in total. The Kier molecular flexibility index (Phi) is 5.98. The molecule has 150 valence electrons. The molecule has 0 radical (unpaired) electrons. The van der Waals surface area contributed by atoms with Gasteiger partial charge in [-0.2, -0.15) is 0 Å². The van der Waals surface area contributed by atoms with Crippen LogP contribution in [-0.2, 0) is 9.84 Å². The van der Waals surface area contributed by atoms with E-state index in [0.29, 0.717) is 23.6 Å². The number of ether oxygens (including phenoxy) is 1. The molecule has 0 aliphatic heterocycles. The third-order valence-corrected chi connectivity index (χ3v) is 7.10. The van der Waals surface area contributed by atoms with E-state index in [1.54, 1.807) is 12.1 Å². The molecule has 1 aliphatic rings. The van der Waals surface area contributed by atoms with Crippen molar-refractivity contribution < 1.29 is 23.1 Å². The lowest BCUT2D eigenvalue weighted by atomic mass is 9.84. The van der Waals surface area contributed by atoms with Crippen LogP contribution in [0.2, 0.25) is 5.02 Å². The predicted octanol–water partition coefficient (Wildman–Crippen LogP) is 3.45. The molecule has 28 heavy (non-hydrogen) atoms. The summed E-state index contributed by atoms with van der Waals surface area (Å²) in [5.74, 6) is -0.365. The molecule has 0 spiro atoms. The lowest BCUT2D eigenvalue weighted by Crippen LogP contribution is -2.33. The quantitative estimate of drug-likeness (QED) is 0.742. The third kappa shape index (κ3) is 4.32. The smallest absolute Gasteiger partial charge is 0.259 e. The van der Waals surface area contributed by atoms with Crippen LogP contribution in [0, 0.1) is 12.8 Å².